The lowest BCUT2D eigenvalue weighted by molar-refractivity contribution is 0.276. The summed E-state index contributed by atoms with van der Waals surface area (Å²) in [5.74, 6) is 0. The Hall–Kier alpha value is -0.995. The summed E-state index contributed by atoms with van der Waals surface area (Å²) in [4.78, 5) is 0. The summed E-state index contributed by atoms with van der Waals surface area (Å²) in [7, 11) is -0.789. The van der Waals surface area contributed by atoms with Crippen LogP contribution in [0.3, 0.4) is 0 Å². The van der Waals surface area contributed by atoms with Crippen molar-refractivity contribution in [2.45, 2.75) is 13.5 Å². The molecule has 1 aromatic rings. The highest BCUT2D eigenvalue weighted by molar-refractivity contribution is 6.61. The minimum absolute atomic E-state index is 0.421. The Labute approximate surface area is 71.3 Å². The molecule has 62 valence electrons. The van der Waals surface area contributed by atoms with E-state index in [9.17, 15) is 5.02 Å². The number of fused-ring (bicyclic) bond motifs is 1. The van der Waals surface area contributed by atoms with Crippen LogP contribution in [-0.2, 0) is 11.3 Å². The molecule has 2 rings (SSSR count). The number of aryl methyl sites for hydroxylation is 1. The van der Waals surface area contributed by atoms with Crippen molar-refractivity contribution in [3.63, 3.8) is 0 Å². The zero-order valence-electron chi connectivity index (χ0n) is 6.87. The topological polar surface area (TPSA) is 55.5 Å². The fraction of sp³-hybridized carbons (Fsp3) is 0.250. The van der Waals surface area contributed by atoms with Crippen molar-refractivity contribution >= 4 is 18.3 Å². The van der Waals surface area contributed by atoms with Crippen molar-refractivity contribution in [3.05, 3.63) is 23.3 Å². The number of benzene rings is 1. The lowest BCUT2D eigenvalue weighted by Gasteiger charge is -2.04. The van der Waals surface area contributed by atoms with Gasteiger partial charge in [0.1, 0.15) is 0 Å². The first-order valence-electron chi connectivity index (χ1n) is 3.87. The largest absolute Gasteiger partial charge is 0.491 e. The van der Waals surface area contributed by atoms with E-state index < -0.39 is 7.12 Å². The summed E-state index contributed by atoms with van der Waals surface area (Å²) >= 11 is 0. The van der Waals surface area contributed by atoms with Gasteiger partial charge >= 0.3 is 7.12 Å². The summed E-state index contributed by atoms with van der Waals surface area (Å²) in [6, 6.07) is 3.75. The van der Waals surface area contributed by atoms with Gasteiger partial charge in [-0.25, -0.2) is 0 Å². The first-order valence-corrected chi connectivity index (χ1v) is 3.87. The van der Waals surface area contributed by atoms with Crippen molar-refractivity contribution in [3.8, 4) is 0 Å². The van der Waals surface area contributed by atoms with Gasteiger partial charge in [0.05, 0.1) is 6.61 Å². The first kappa shape index (κ1) is 7.64. The second-order valence-electron chi connectivity index (χ2n) is 3.03. The van der Waals surface area contributed by atoms with Crippen LogP contribution in [0.5, 0.6) is 0 Å². The van der Waals surface area contributed by atoms with Crippen LogP contribution in [0.1, 0.15) is 11.1 Å². The average molecular weight is 163 g/mol. The second kappa shape index (κ2) is 2.50. The van der Waals surface area contributed by atoms with Crippen molar-refractivity contribution < 1.29 is 9.68 Å². The van der Waals surface area contributed by atoms with E-state index >= 15 is 0 Å². The summed E-state index contributed by atoms with van der Waals surface area (Å²) < 4.78 is 5.03. The van der Waals surface area contributed by atoms with Crippen molar-refractivity contribution in [1.82, 2.24) is 0 Å². The van der Waals surface area contributed by atoms with E-state index in [1.165, 1.54) is 0 Å². The highest BCUT2D eigenvalue weighted by Gasteiger charge is 2.28. The van der Waals surface area contributed by atoms with Crippen LogP contribution in [0, 0.1) is 6.92 Å². The van der Waals surface area contributed by atoms with Gasteiger partial charge in [-0.1, -0.05) is 12.1 Å². The summed E-state index contributed by atoms with van der Waals surface area (Å²) in [5, 5.41) is 9.32. The Morgan fingerprint density at radius 1 is 1.58 bits per heavy atom. The molecule has 3 nitrogen and oxygen atoms in total. The van der Waals surface area contributed by atoms with E-state index in [1.807, 2.05) is 19.1 Å². The fourth-order valence-electron chi connectivity index (χ4n) is 1.44. The number of nitrogens with two attached hydrogens (primary N) is 1. The van der Waals surface area contributed by atoms with Gasteiger partial charge in [-0.3, -0.25) is 0 Å². The van der Waals surface area contributed by atoms with E-state index in [4.69, 9.17) is 10.4 Å². The molecule has 1 aliphatic heterocycles. The van der Waals surface area contributed by atoms with E-state index in [0.717, 1.165) is 22.3 Å². The molecular weight excluding hydrogens is 153 g/mol. The summed E-state index contributed by atoms with van der Waals surface area (Å²) in [6.45, 7) is 2.37. The minimum Gasteiger partial charge on any atom is -0.423 e. The van der Waals surface area contributed by atoms with E-state index in [0.29, 0.717) is 6.61 Å². The molecule has 1 heterocycles. The predicted octanol–water partition coefficient (Wildman–Crippen LogP) is -0.205. The minimum atomic E-state index is -0.789. The number of nitrogen functional groups attached to an aromatic ring is 1. The Morgan fingerprint density at radius 2 is 2.33 bits per heavy atom. The molecule has 0 unspecified atom stereocenters. The average Bonchev–Trinajstić information content (AvgIpc) is 2.41. The monoisotopic (exact) mass is 163 g/mol. The molecule has 0 fully saturated rings. The van der Waals surface area contributed by atoms with Crippen LogP contribution in [0.4, 0.5) is 5.69 Å². The Kier molecular flexibility index (Phi) is 1.59. The van der Waals surface area contributed by atoms with E-state index in [1.54, 1.807) is 0 Å². The molecule has 3 N–H and O–H groups in total. The number of anilines is 1. The normalized spacial score (nSPS) is 15.0. The number of hydrogen-bond donors (Lipinski definition) is 2. The molecule has 0 aromatic heterocycles. The van der Waals surface area contributed by atoms with Crippen LogP contribution in [0.15, 0.2) is 12.1 Å². The molecule has 1 aliphatic rings. The third kappa shape index (κ3) is 0.923. The van der Waals surface area contributed by atoms with Crippen LogP contribution in [0.25, 0.3) is 0 Å². The Morgan fingerprint density at radius 3 is 3.08 bits per heavy atom. The molecular formula is C8H10BNO2. The fourth-order valence-corrected chi connectivity index (χ4v) is 1.44. The van der Waals surface area contributed by atoms with Crippen molar-refractivity contribution in [2.75, 3.05) is 5.73 Å². The third-order valence-corrected chi connectivity index (χ3v) is 2.26. The van der Waals surface area contributed by atoms with Gasteiger partial charge in [0, 0.05) is 5.69 Å². The lowest BCUT2D eigenvalue weighted by Crippen LogP contribution is -2.28. The molecule has 4 heteroatoms. The molecule has 0 radical (unpaired) electrons. The highest BCUT2D eigenvalue weighted by Crippen LogP contribution is 2.20. The van der Waals surface area contributed by atoms with E-state index in [2.05, 4.69) is 0 Å². The zero-order chi connectivity index (χ0) is 8.72. The molecule has 0 saturated heterocycles. The third-order valence-electron chi connectivity index (χ3n) is 2.26. The van der Waals surface area contributed by atoms with Gasteiger partial charge in [-0.15, -0.1) is 0 Å². The molecule has 0 bridgehead atoms. The van der Waals surface area contributed by atoms with E-state index in [-0.39, 0.29) is 0 Å². The van der Waals surface area contributed by atoms with Gasteiger partial charge < -0.3 is 15.4 Å². The summed E-state index contributed by atoms with van der Waals surface area (Å²) in [6.07, 6.45) is 0. The van der Waals surface area contributed by atoms with Crippen molar-refractivity contribution in [1.29, 1.82) is 0 Å². The second-order valence-corrected chi connectivity index (χ2v) is 3.03. The Balaban J connectivity index is 2.60. The van der Waals surface area contributed by atoms with Gasteiger partial charge in [0.2, 0.25) is 0 Å². The smallest absolute Gasteiger partial charge is 0.423 e. The molecule has 0 amide bonds. The van der Waals surface area contributed by atoms with Gasteiger partial charge in [0.15, 0.2) is 0 Å². The predicted molar refractivity (Wildman–Crippen MR) is 48.0 cm³/mol. The lowest BCUT2D eigenvalue weighted by atomic mass is 9.78. The maximum Gasteiger partial charge on any atom is 0.491 e. The highest BCUT2D eigenvalue weighted by atomic mass is 16.5. The first-order chi connectivity index (χ1) is 5.70. The molecule has 0 atom stereocenters. The van der Waals surface area contributed by atoms with Gasteiger partial charge in [0.25, 0.3) is 0 Å². The van der Waals surface area contributed by atoms with Crippen LogP contribution >= 0.6 is 0 Å². The molecule has 1 aromatic carbocycles. The molecule has 0 aliphatic carbocycles. The summed E-state index contributed by atoms with van der Waals surface area (Å²) in [5.41, 5.74) is 9.32. The standard InChI is InChI=1S/C8H10BNO2/c1-5-2-3-7-6(8(5)10)4-12-9(7)11/h2-3,11H,4,10H2,1H3. The number of rotatable bonds is 0. The SMILES string of the molecule is Cc1ccc2c(c1N)COB2O. The maximum absolute atomic E-state index is 9.32. The van der Waals surface area contributed by atoms with Crippen LogP contribution < -0.4 is 11.2 Å². The zero-order valence-corrected chi connectivity index (χ0v) is 6.87. The quantitative estimate of drug-likeness (QED) is 0.411. The number of hydrogen-bond acceptors (Lipinski definition) is 3. The maximum atomic E-state index is 9.32. The van der Waals surface area contributed by atoms with Gasteiger partial charge in [-0.05, 0) is 23.5 Å². The molecule has 0 saturated carbocycles. The van der Waals surface area contributed by atoms with Gasteiger partial charge in [-0.2, -0.15) is 0 Å². The van der Waals surface area contributed by atoms with Crippen molar-refractivity contribution in [2.24, 2.45) is 0 Å². The van der Waals surface area contributed by atoms with Crippen LogP contribution in [0.2, 0.25) is 0 Å². The Bertz CT molecular complexity index is 327. The van der Waals surface area contributed by atoms with Crippen LogP contribution in [-0.4, -0.2) is 12.1 Å². The molecule has 12 heavy (non-hydrogen) atoms. The molecule has 0 spiro atoms.